The van der Waals surface area contributed by atoms with Gasteiger partial charge < -0.3 is 82.1 Å². The van der Waals surface area contributed by atoms with E-state index in [0.29, 0.717) is 38.6 Å². The molecule has 25 nitrogen and oxygen atoms in total. The first-order valence-electron chi connectivity index (χ1n) is 26.7. The highest BCUT2D eigenvalue weighted by atomic mass is 16.6. The molecule has 13 N–H and O–H groups in total. The Balaban J connectivity index is -0.00000867. The number of rotatable bonds is 32. The van der Waals surface area contributed by atoms with Crippen molar-refractivity contribution < 1.29 is 87.6 Å². The number of carboxylic acid groups (broad SMARTS) is 1. The van der Waals surface area contributed by atoms with Crippen molar-refractivity contribution in [2.75, 3.05) is 33.3 Å². The van der Waals surface area contributed by atoms with Gasteiger partial charge in [-0.1, -0.05) is 47.0 Å². The van der Waals surface area contributed by atoms with Crippen LogP contribution in [0.2, 0.25) is 0 Å². The fraction of sp³-hybridized carbons (Fsp3) is 0.827. The van der Waals surface area contributed by atoms with Gasteiger partial charge in [-0.2, -0.15) is 0 Å². The number of amides is 6. The molecule has 0 rings (SSSR count). The normalized spacial score (nSPS) is 14.4. The highest BCUT2D eigenvalue weighted by molar-refractivity contribution is 5.95. The molecule has 0 saturated heterocycles. The van der Waals surface area contributed by atoms with Crippen molar-refractivity contribution in [2.24, 2.45) is 11.7 Å². The monoisotopic (exact) mass is 1110 g/mol. The van der Waals surface area contributed by atoms with Gasteiger partial charge in [-0.25, -0.2) is 24.0 Å². The molecule has 0 aromatic heterocycles. The number of hydrogen-bond donors (Lipinski definition) is 12. The zero-order valence-electron chi connectivity index (χ0n) is 48.5. The molecule has 0 aromatic carbocycles. The van der Waals surface area contributed by atoms with Crippen molar-refractivity contribution in [1.29, 1.82) is 0 Å². The highest BCUT2D eigenvalue weighted by Gasteiger charge is 2.38. The molecule has 0 unspecified atom stereocenters. The number of aliphatic carboxylic acids is 1. The number of nitrogens with one attached hydrogen (secondary N) is 6. The molecule has 0 radical (unpaired) electrons. The summed E-state index contributed by atoms with van der Waals surface area (Å²) in [7, 11) is 1.17. The minimum Gasteiger partial charge on any atom is -0.479 e. The molecule has 0 fully saturated rings. The van der Waals surface area contributed by atoms with E-state index in [-0.39, 0.29) is 58.2 Å². The number of carboxylic acids is 1. The molecule has 0 saturated carbocycles. The maximum atomic E-state index is 14.4. The first-order chi connectivity index (χ1) is 35.6. The molecule has 0 aromatic rings. The van der Waals surface area contributed by atoms with Gasteiger partial charge in [0.05, 0.1) is 13.2 Å². The average molecular weight is 1110 g/mol. The Morgan fingerprint density at radius 3 is 1.34 bits per heavy atom. The van der Waals surface area contributed by atoms with Crippen molar-refractivity contribution in [3.8, 4) is 0 Å². The van der Waals surface area contributed by atoms with Crippen LogP contribution in [0, 0.1) is 5.92 Å². The second-order valence-corrected chi connectivity index (χ2v) is 21.4. The Morgan fingerprint density at radius 2 is 0.883 bits per heavy atom. The van der Waals surface area contributed by atoms with Crippen LogP contribution in [0.25, 0.3) is 0 Å². The van der Waals surface area contributed by atoms with Crippen LogP contribution in [0.4, 0.5) is 14.4 Å². The van der Waals surface area contributed by atoms with Gasteiger partial charge in [0.1, 0.15) is 41.1 Å². The van der Waals surface area contributed by atoms with Crippen LogP contribution in [-0.2, 0) is 47.7 Å². The van der Waals surface area contributed by atoms with E-state index in [2.05, 4.69) is 59.6 Å². The molecule has 0 aliphatic rings. The quantitative estimate of drug-likeness (QED) is 0.0261. The van der Waals surface area contributed by atoms with Gasteiger partial charge in [0, 0.05) is 32.0 Å². The number of esters is 1. The molecule has 0 aliphatic carbocycles. The van der Waals surface area contributed by atoms with Crippen molar-refractivity contribution in [3.05, 3.63) is 0 Å². The van der Waals surface area contributed by atoms with Crippen LogP contribution in [-0.4, -0.2) is 172 Å². The van der Waals surface area contributed by atoms with E-state index in [9.17, 15) is 63.6 Å². The summed E-state index contributed by atoms with van der Waals surface area (Å²) in [6.07, 6.45) is -7.78. The molecule has 25 heteroatoms. The van der Waals surface area contributed by atoms with Gasteiger partial charge in [0.25, 0.3) is 5.91 Å². The number of hydrogen-bond acceptors (Lipinski definition) is 18. The van der Waals surface area contributed by atoms with Crippen LogP contribution >= 0.6 is 0 Å². The van der Waals surface area contributed by atoms with Gasteiger partial charge in [-0.3, -0.25) is 19.2 Å². The van der Waals surface area contributed by atoms with Crippen molar-refractivity contribution in [2.45, 2.75) is 239 Å². The molecule has 0 spiro atoms. The van der Waals surface area contributed by atoms with Crippen molar-refractivity contribution in [3.63, 3.8) is 0 Å². The number of aliphatic hydroxyl groups is 4. The van der Waals surface area contributed by atoms with Crippen LogP contribution in [0.5, 0.6) is 0 Å². The molecular weight excluding hydrogens is 1010 g/mol. The summed E-state index contributed by atoms with van der Waals surface area (Å²) in [6.45, 7) is 23.8. The smallest absolute Gasteiger partial charge is 0.408 e. The first kappa shape index (κ1) is 75.9. The second kappa shape index (κ2) is 40.8. The van der Waals surface area contributed by atoms with E-state index < -0.39 is 125 Å². The molecule has 77 heavy (non-hydrogen) atoms. The SMILES string of the molecule is CCC.CCC.COC(=O)[C@H](CCCCN)NC(=O)[C@H](CCCCNC(=O)OC(C)(C)C)CC(=O)[C@H](CCCCNC(=O)OC(C)(C)C)NC(=O)[C@H](CCCNC(=O)[C@@H](O)[C@H](O)[C@H](O)[C@@H](O)C(=O)O)NC(=O)OC(C)(C)C. The third-order valence-electron chi connectivity index (χ3n) is 10.0. The molecule has 8 atom stereocenters. The van der Waals surface area contributed by atoms with E-state index >= 15 is 0 Å². The fourth-order valence-electron chi connectivity index (χ4n) is 6.48. The molecule has 450 valence electrons. The van der Waals surface area contributed by atoms with E-state index in [1.807, 2.05) is 0 Å². The summed E-state index contributed by atoms with van der Waals surface area (Å²) in [5.41, 5.74) is 3.13. The molecule has 0 bridgehead atoms. The Kier molecular flexibility index (Phi) is 40.2. The zero-order valence-corrected chi connectivity index (χ0v) is 48.5. The highest BCUT2D eigenvalue weighted by Crippen LogP contribution is 2.19. The summed E-state index contributed by atoms with van der Waals surface area (Å²) >= 11 is 0. The number of carbonyl (C=O) groups excluding carboxylic acids is 8. The number of aliphatic hydroxyl groups excluding tert-OH is 4. The third-order valence-corrected chi connectivity index (χ3v) is 10.0. The predicted molar refractivity (Wildman–Crippen MR) is 287 cm³/mol. The van der Waals surface area contributed by atoms with Gasteiger partial charge >= 0.3 is 30.2 Å². The van der Waals surface area contributed by atoms with Crippen LogP contribution < -0.4 is 37.6 Å². The van der Waals surface area contributed by atoms with E-state index in [4.69, 9.17) is 29.8 Å². The summed E-state index contributed by atoms with van der Waals surface area (Å²) in [5, 5.41) is 63.8. The van der Waals surface area contributed by atoms with Crippen LogP contribution in [0.15, 0.2) is 0 Å². The number of nitrogens with two attached hydrogens (primary N) is 1. The third kappa shape index (κ3) is 39.6. The maximum absolute atomic E-state index is 14.4. The van der Waals surface area contributed by atoms with Crippen molar-refractivity contribution in [1.82, 2.24) is 31.9 Å². The Bertz CT molecular complexity index is 1750. The van der Waals surface area contributed by atoms with Gasteiger partial charge in [-0.15, -0.1) is 0 Å². The number of unbranched alkanes of at least 4 members (excludes halogenated alkanes) is 3. The summed E-state index contributed by atoms with van der Waals surface area (Å²) in [5.74, 6) is -7.09. The summed E-state index contributed by atoms with van der Waals surface area (Å²) < 4.78 is 20.8. The molecule has 0 heterocycles. The Morgan fingerprint density at radius 1 is 0.481 bits per heavy atom. The number of alkyl carbamates (subject to hydrolysis) is 3. The zero-order chi connectivity index (χ0) is 60.1. The van der Waals surface area contributed by atoms with Gasteiger partial charge in [-0.05, 0) is 133 Å². The van der Waals surface area contributed by atoms with E-state index in [1.54, 1.807) is 62.3 Å². The predicted octanol–water partition coefficient (Wildman–Crippen LogP) is 3.37. The van der Waals surface area contributed by atoms with Crippen molar-refractivity contribution >= 4 is 53.7 Å². The largest absolute Gasteiger partial charge is 0.479 e. The first-order valence-corrected chi connectivity index (χ1v) is 26.7. The van der Waals surface area contributed by atoms with Gasteiger partial charge in [0.2, 0.25) is 11.8 Å². The number of Topliss-reactive ketones (excluding diaryl/α,β-unsaturated/α-hetero) is 1. The lowest BCUT2D eigenvalue weighted by atomic mass is 9.90. The minimum absolute atomic E-state index is 0.0174. The van der Waals surface area contributed by atoms with E-state index in [0.717, 1.165) is 0 Å². The molecule has 6 amide bonds. The summed E-state index contributed by atoms with van der Waals surface area (Å²) in [4.78, 5) is 116. The second-order valence-electron chi connectivity index (χ2n) is 21.4. The van der Waals surface area contributed by atoms with Crippen LogP contribution in [0.3, 0.4) is 0 Å². The van der Waals surface area contributed by atoms with E-state index in [1.165, 1.54) is 20.0 Å². The van der Waals surface area contributed by atoms with Crippen LogP contribution in [0.1, 0.15) is 180 Å². The lowest BCUT2D eigenvalue weighted by Crippen LogP contribution is -2.53. The number of methoxy groups -OCH3 is 1. The molecular formula is C52H99N7O18. The molecule has 0 aliphatic heterocycles. The average Bonchev–Trinajstić information content (AvgIpc) is 3.30. The Hall–Kier alpha value is -5.37. The number of ketones is 1. The Labute approximate surface area is 456 Å². The standard InChI is InChI=1S/C46H83N7O18.2C3H8/c1-44(2,3)69-41(65)49-23-15-12-18-27(36(59)52-30(40(64)68-10)20-11-14-22-47)26-31(54)28(19-13-16-24-50-42(66)70-45(4,5)6)51-37(60)29(53-43(67)71-46(7,8)9)21-17-25-48-38(61)34(57)32(55)33(56)35(58)39(62)63;2*1-3-2/h27-30,32-35,55-58H,11-26,47H2,1-10H3,(H,48,61)(H,49,65)(H,50,66)(H,51,60)(H,52,59)(H,53,67)(H,62,63);2*3H2,1-2H3/t27-,28+,29+,30+,32-,33+,34+,35-;;/m1../s1. The summed E-state index contributed by atoms with van der Waals surface area (Å²) in [6, 6.07) is -3.78. The number of carbonyl (C=O) groups is 9. The lowest BCUT2D eigenvalue weighted by molar-refractivity contribution is -0.166. The number of ether oxygens (including phenoxy) is 4. The minimum atomic E-state index is -2.52. The fourth-order valence-corrected chi connectivity index (χ4v) is 6.48. The topological polar surface area (TPSA) is 390 Å². The van der Waals surface area contributed by atoms with Gasteiger partial charge in [0.15, 0.2) is 18.0 Å². The lowest BCUT2D eigenvalue weighted by Gasteiger charge is -2.27. The maximum Gasteiger partial charge on any atom is 0.408 e.